The Bertz CT molecular complexity index is 503. The quantitative estimate of drug-likeness (QED) is 0.885. The molecule has 1 atom stereocenters. The van der Waals surface area contributed by atoms with E-state index in [-0.39, 0.29) is 5.75 Å². The molecule has 1 aromatic heterocycles. The normalized spacial score (nSPS) is 19.6. The number of benzene rings is 1. The molecule has 17 heavy (non-hydrogen) atoms. The van der Waals surface area contributed by atoms with Crippen molar-refractivity contribution in [1.29, 1.82) is 0 Å². The Balaban J connectivity index is 1.86. The van der Waals surface area contributed by atoms with Crippen LogP contribution in [0.25, 0.3) is 11.5 Å². The summed E-state index contributed by atoms with van der Waals surface area (Å²) in [5.41, 5.74) is 0.838. The number of hydrogen-bond donors (Lipinski definition) is 1. The number of phenols is 1. The average molecular weight is 248 g/mol. The highest BCUT2D eigenvalue weighted by molar-refractivity contribution is 7.99. The Labute approximate surface area is 103 Å². The zero-order chi connectivity index (χ0) is 11.7. The molecular weight excluding hydrogens is 236 g/mol. The monoisotopic (exact) mass is 248 g/mol. The van der Waals surface area contributed by atoms with Crippen LogP contribution in [0.5, 0.6) is 5.75 Å². The Morgan fingerprint density at radius 2 is 2.12 bits per heavy atom. The van der Waals surface area contributed by atoms with E-state index in [1.165, 1.54) is 12.2 Å². The van der Waals surface area contributed by atoms with Crippen molar-refractivity contribution < 1.29 is 9.63 Å². The molecule has 0 radical (unpaired) electrons. The van der Waals surface area contributed by atoms with Crippen molar-refractivity contribution in [2.24, 2.45) is 0 Å². The molecule has 4 nitrogen and oxygen atoms in total. The minimum atomic E-state index is 0.236. The smallest absolute Gasteiger partial charge is 0.257 e. The van der Waals surface area contributed by atoms with E-state index in [1.807, 2.05) is 11.8 Å². The first-order chi connectivity index (χ1) is 8.33. The SMILES string of the molecule is Oc1ccc(-c2nc(C3CCCS3)no2)cc1. The zero-order valence-electron chi connectivity index (χ0n) is 9.17. The molecule has 5 heteroatoms. The third-order valence-corrected chi connectivity index (χ3v) is 4.15. The van der Waals surface area contributed by atoms with Crippen molar-refractivity contribution in [3.63, 3.8) is 0 Å². The van der Waals surface area contributed by atoms with Crippen LogP contribution >= 0.6 is 11.8 Å². The van der Waals surface area contributed by atoms with Crippen LogP contribution in [0.2, 0.25) is 0 Å². The first-order valence-electron chi connectivity index (χ1n) is 5.57. The van der Waals surface area contributed by atoms with Gasteiger partial charge in [-0.15, -0.1) is 0 Å². The van der Waals surface area contributed by atoms with Gasteiger partial charge >= 0.3 is 0 Å². The van der Waals surface area contributed by atoms with E-state index in [2.05, 4.69) is 10.1 Å². The third-order valence-electron chi connectivity index (χ3n) is 2.77. The van der Waals surface area contributed by atoms with Gasteiger partial charge in [0.25, 0.3) is 5.89 Å². The molecule has 1 aliphatic heterocycles. The summed E-state index contributed by atoms with van der Waals surface area (Å²) in [5, 5.41) is 13.6. The largest absolute Gasteiger partial charge is 0.508 e. The van der Waals surface area contributed by atoms with Crippen LogP contribution in [0, 0.1) is 0 Å². The predicted octanol–water partition coefficient (Wildman–Crippen LogP) is 3.01. The van der Waals surface area contributed by atoms with Crippen LogP contribution in [0.1, 0.15) is 23.9 Å². The molecular formula is C12H12N2O2S. The lowest BCUT2D eigenvalue weighted by Crippen LogP contribution is -1.90. The van der Waals surface area contributed by atoms with Crippen molar-refractivity contribution in [2.45, 2.75) is 18.1 Å². The maximum Gasteiger partial charge on any atom is 0.257 e. The molecule has 0 amide bonds. The highest BCUT2D eigenvalue weighted by atomic mass is 32.2. The molecule has 1 unspecified atom stereocenters. The van der Waals surface area contributed by atoms with Crippen LogP contribution < -0.4 is 0 Å². The molecule has 1 fully saturated rings. The summed E-state index contributed by atoms with van der Waals surface area (Å²) in [7, 11) is 0. The summed E-state index contributed by atoms with van der Waals surface area (Å²) in [6, 6.07) is 6.77. The minimum Gasteiger partial charge on any atom is -0.508 e. The molecule has 0 saturated carbocycles. The summed E-state index contributed by atoms with van der Waals surface area (Å²) < 4.78 is 5.25. The molecule has 1 aromatic carbocycles. The molecule has 0 bridgehead atoms. The molecule has 1 aliphatic rings. The van der Waals surface area contributed by atoms with Crippen molar-refractivity contribution in [1.82, 2.24) is 10.1 Å². The Morgan fingerprint density at radius 1 is 1.29 bits per heavy atom. The highest BCUT2D eigenvalue weighted by Crippen LogP contribution is 2.38. The maximum atomic E-state index is 9.21. The second kappa shape index (κ2) is 4.41. The minimum absolute atomic E-state index is 0.236. The average Bonchev–Trinajstić information content (AvgIpc) is 3.00. The van der Waals surface area contributed by atoms with E-state index >= 15 is 0 Å². The lowest BCUT2D eigenvalue weighted by molar-refractivity contribution is 0.421. The molecule has 2 aromatic rings. The van der Waals surface area contributed by atoms with Crippen molar-refractivity contribution in [3.8, 4) is 17.2 Å². The van der Waals surface area contributed by atoms with Crippen molar-refractivity contribution in [3.05, 3.63) is 30.1 Å². The van der Waals surface area contributed by atoms with Gasteiger partial charge in [-0.1, -0.05) is 5.16 Å². The maximum absolute atomic E-state index is 9.21. The van der Waals surface area contributed by atoms with Gasteiger partial charge < -0.3 is 9.63 Å². The van der Waals surface area contributed by atoms with Gasteiger partial charge in [0, 0.05) is 5.56 Å². The summed E-state index contributed by atoms with van der Waals surface area (Å²) in [6.45, 7) is 0. The number of nitrogens with zero attached hydrogens (tertiary/aromatic N) is 2. The van der Waals surface area contributed by atoms with Crippen LogP contribution in [-0.4, -0.2) is 21.0 Å². The van der Waals surface area contributed by atoms with Gasteiger partial charge in [0.15, 0.2) is 5.82 Å². The van der Waals surface area contributed by atoms with E-state index in [0.29, 0.717) is 11.1 Å². The number of aromatic hydroxyl groups is 1. The zero-order valence-corrected chi connectivity index (χ0v) is 9.98. The Morgan fingerprint density at radius 3 is 2.82 bits per heavy atom. The third kappa shape index (κ3) is 2.15. The van der Waals surface area contributed by atoms with Gasteiger partial charge in [0.1, 0.15) is 5.75 Å². The van der Waals surface area contributed by atoms with Gasteiger partial charge in [-0.05, 0) is 42.9 Å². The van der Waals surface area contributed by atoms with E-state index in [1.54, 1.807) is 24.3 Å². The topological polar surface area (TPSA) is 59.2 Å². The molecule has 1 saturated heterocycles. The molecule has 0 aliphatic carbocycles. The fourth-order valence-corrected chi connectivity index (χ4v) is 3.06. The first-order valence-corrected chi connectivity index (χ1v) is 6.62. The van der Waals surface area contributed by atoms with Crippen molar-refractivity contribution >= 4 is 11.8 Å². The fourth-order valence-electron chi connectivity index (χ4n) is 1.87. The number of hydrogen-bond acceptors (Lipinski definition) is 5. The predicted molar refractivity (Wildman–Crippen MR) is 65.8 cm³/mol. The van der Waals surface area contributed by atoms with Gasteiger partial charge in [0.05, 0.1) is 5.25 Å². The second-order valence-electron chi connectivity index (χ2n) is 4.01. The Kier molecular flexibility index (Phi) is 2.76. The number of aromatic nitrogens is 2. The number of phenolic OH excluding ortho intramolecular Hbond substituents is 1. The summed E-state index contributed by atoms with van der Waals surface area (Å²) in [4.78, 5) is 4.41. The number of rotatable bonds is 2. The summed E-state index contributed by atoms with van der Waals surface area (Å²) >= 11 is 1.88. The van der Waals surface area contributed by atoms with Gasteiger partial charge in [0.2, 0.25) is 0 Å². The molecule has 1 N–H and O–H groups in total. The second-order valence-corrected chi connectivity index (χ2v) is 5.32. The lowest BCUT2D eigenvalue weighted by atomic mass is 10.2. The van der Waals surface area contributed by atoms with E-state index in [9.17, 15) is 5.11 Å². The summed E-state index contributed by atoms with van der Waals surface area (Å²) in [6.07, 6.45) is 2.34. The summed E-state index contributed by atoms with van der Waals surface area (Å²) in [5.74, 6) is 2.72. The Hall–Kier alpha value is -1.49. The highest BCUT2D eigenvalue weighted by Gasteiger charge is 2.23. The van der Waals surface area contributed by atoms with Crippen LogP contribution in [0.15, 0.2) is 28.8 Å². The van der Waals surface area contributed by atoms with Gasteiger partial charge in [-0.3, -0.25) is 0 Å². The molecule has 0 spiro atoms. The molecule has 88 valence electrons. The van der Waals surface area contributed by atoms with Crippen LogP contribution in [0.4, 0.5) is 0 Å². The fraction of sp³-hybridized carbons (Fsp3) is 0.333. The van der Waals surface area contributed by atoms with Crippen molar-refractivity contribution in [2.75, 3.05) is 5.75 Å². The lowest BCUT2D eigenvalue weighted by Gasteiger charge is -1.99. The molecule has 3 rings (SSSR count). The van der Waals surface area contributed by atoms with E-state index in [0.717, 1.165) is 17.8 Å². The van der Waals surface area contributed by atoms with Crippen LogP contribution in [-0.2, 0) is 0 Å². The number of thioether (sulfide) groups is 1. The molecule has 2 heterocycles. The first kappa shape index (κ1) is 10.7. The van der Waals surface area contributed by atoms with E-state index < -0.39 is 0 Å². The van der Waals surface area contributed by atoms with Gasteiger partial charge in [-0.25, -0.2) is 0 Å². The van der Waals surface area contributed by atoms with Crippen LogP contribution in [0.3, 0.4) is 0 Å². The van der Waals surface area contributed by atoms with E-state index in [4.69, 9.17) is 4.52 Å². The van der Waals surface area contributed by atoms with Gasteiger partial charge in [-0.2, -0.15) is 16.7 Å². The standard InChI is InChI=1S/C12H12N2O2S/c15-9-5-3-8(4-6-9)12-13-11(14-16-12)10-2-1-7-17-10/h3-6,10,15H,1-2,7H2.